The van der Waals surface area contributed by atoms with Gasteiger partial charge in [0.25, 0.3) is 5.91 Å². The van der Waals surface area contributed by atoms with Gasteiger partial charge in [0.1, 0.15) is 12.1 Å². The number of hydrogen-bond acceptors (Lipinski definition) is 6. The van der Waals surface area contributed by atoms with E-state index < -0.39 is 0 Å². The molecule has 10 heteroatoms. The van der Waals surface area contributed by atoms with Gasteiger partial charge in [0.2, 0.25) is 0 Å². The highest BCUT2D eigenvalue weighted by atomic mass is 79.9. The van der Waals surface area contributed by atoms with E-state index in [-0.39, 0.29) is 11.7 Å². The fourth-order valence-corrected chi connectivity index (χ4v) is 4.05. The number of piperazine rings is 1. The van der Waals surface area contributed by atoms with Crippen molar-refractivity contribution in [1.82, 2.24) is 29.9 Å². The Hall–Kier alpha value is -3.40. The topological polar surface area (TPSA) is 80.0 Å². The second-order valence-electron chi connectivity index (χ2n) is 7.14. The zero-order chi connectivity index (χ0) is 21.4. The molecule has 0 aliphatic carbocycles. The highest BCUT2D eigenvalue weighted by molar-refractivity contribution is 9.10. The molecule has 3 heterocycles. The summed E-state index contributed by atoms with van der Waals surface area (Å²) in [6.07, 6.45) is 1.47. The van der Waals surface area contributed by atoms with E-state index in [1.54, 1.807) is 16.8 Å². The predicted molar refractivity (Wildman–Crippen MR) is 117 cm³/mol. The van der Waals surface area contributed by atoms with Crippen LogP contribution in [-0.4, -0.2) is 61.9 Å². The lowest BCUT2D eigenvalue weighted by molar-refractivity contribution is 0.0746. The molecule has 1 fully saturated rings. The van der Waals surface area contributed by atoms with Crippen LogP contribution < -0.4 is 4.90 Å². The number of rotatable bonds is 3. The molecule has 31 heavy (non-hydrogen) atoms. The molecule has 1 amide bonds. The first-order valence-electron chi connectivity index (χ1n) is 9.72. The Morgan fingerprint density at radius 1 is 1.00 bits per heavy atom. The minimum absolute atomic E-state index is 0.0102. The quantitative estimate of drug-likeness (QED) is 0.447. The van der Waals surface area contributed by atoms with Gasteiger partial charge in [-0.2, -0.15) is 4.68 Å². The number of carbonyl (C=O) groups is 1. The number of amides is 1. The molecule has 0 saturated carbocycles. The second kappa shape index (κ2) is 8.03. The lowest BCUT2D eigenvalue weighted by Gasteiger charge is -2.35. The number of fused-ring (bicyclic) bond motifs is 1. The Morgan fingerprint density at radius 2 is 1.77 bits per heavy atom. The maximum absolute atomic E-state index is 13.3. The first-order chi connectivity index (χ1) is 15.1. The summed E-state index contributed by atoms with van der Waals surface area (Å²) in [7, 11) is 0. The van der Waals surface area contributed by atoms with Crippen LogP contribution in [0.3, 0.4) is 0 Å². The van der Waals surface area contributed by atoms with E-state index in [4.69, 9.17) is 0 Å². The Morgan fingerprint density at radius 3 is 2.52 bits per heavy atom. The summed E-state index contributed by atoms with van der Waals surface area (Å²) in [5, 5.41) is 8.46. The van der Waals surface area contributed by atoms with Crippen molar-refractivity contribution in [3.8, 4) is 5.69 Å². The molecule has 156 valence electrons. The summed E-state index contributed by atoms with van der Waals surface area (Å²) in [4.78, 5) is 25.5. The monoisotopic (exact) mass is 481 g/mol. The number of aromatic nitrogens is 5. The van der Waals surface area contributed by atoms with Gasteiger partial charge in [-0.15, -0.1) is 5.10 Å². The van der Waals surface area contributed by atoms with E-state index in [2.05, 4.69) is 41.1 Å². The number of halogens is 2. The lowest BCUT2D eigenvalue weighted by atomic mass is 10.2. The van der Waals surface area contributed by atoms with Crippen molar-refractivity contribution < 1.29 is 9.18 Å². The minimum atomic E-state index is -0.321. The molecule has 0 spiro atoms. The van der Waals surface area contributed by atoms with Crippen molar-refractivity contribution in [3.05, 3.63) is 70.7 Å². The van der Waals surface area contributed by atoms with Crippen LogP contribution in [0.1, 0.15) is 10.4 Å². The SMILES string of the molecule is O=C(c1cccc(Br)c1)N1CCN(c2ncnc3c2nnn3-c2ccc(F)cc2)CC1. The lowest BCUT2D eigenvalue weighted by Crippen LogP contribution is -2.49. The molecule has 0 radical (unpaired) electrons. The molecule has 8 nitrogen and oxygen atoms in total. The molecule has 0 unspecified atom stereocenters. The van der Waals surface area contributed by atoms with Crippen molar-refractivity contribution in [2.45, 2.75) is 0 Å². The van der Waals surface area contributed by atoms with Crippen LogP contribution in [0.2, 0.25) is 0 Å². The van der Waals surface area contributed by atoms with Crippen LogP contribution in [-0.2, 0) is 0 Å². The summed E-state index contributed by atoms with van der Waals surface area (Å²) in [5.41, 5.74) is 2.44. The Balaban J connectivity index is 1.36. The molecule has 5 rings (SSSR count). The molecule has 0 atom stereocenters. The van der Waals surface area contributed by atoms with Crippen LogP contribution in [0.15, 0.2) is 59.3 Å². The van der Waals surface area contributed by atoms with E-state index in [0.717, 1.165) is 4.47 Å². The second-order valence-corrected chi connectivity index (χ2v) is 8.05. The fraction of sp³-hybridized carbons (Fsp3) is 0.190. The van der Waals surface area contributed by atoms with Crippen molar-refractivity contribution in [3.63, 3.8) is 0 Å². The third kappa shape index (κ3) is 3.74. The number of nitrogens with zero attached hydrogens (tertiary/aromatic N) is 7. The molecule has 1 aliphatic rings. The van der Waals surface area contributed by atoms with Crippen molar-refractivity contribution in [2.24, 2.45) is 0 Å². The number of carbonyl (C=O) groups excluding carboxylic acids is 1. The first kappa shape index (κ1) is 19.6. The summed E-state index contributed by atoms with van der Waals surface area (Å²) >= 11 is 3.41. The van der Waals surface area contributed by atoms with Gasteiger partial charge in [0.05, 0.1) is 5.69 Å². The van der Waals surface area contributed by atoms with Gasteiger partial charge in [0.15, 0.2) is 17.0 Å². The van der Waals surface area contributed by atoms with Gasteiger partial charge in [-0.25, -0.2) is 14.4 Å². The van der Waals surface area contributed by atoms with Crippen LogP contribution in [0.5, 0.6) is 0 Å². The minimum Gasteiger partial charge on any atom is -0.351 e. The van der Waals surface area contributed by atoms with Gasteiger partial charge >= 0.3 is 0 Å². The van der Waals surface area contributed by atoms with E-state index in [9.17, 15) is 9.18 Å². The molecule has 0 bridgehead atoms. The Labute approximate surface area is 185 Å². The third-order valence-electron chi connectivity index (χ3n) is 5.23. The number of anilines is 1. The summed E-state index contributed by atoms with van der Waals surface area (Å²) in [6.45, 7) is 2.39. The van der Waals surface area contributed by atoms with E-state index in [0.29, 0.717) is 54.4 Å². The predicted octanol–water partition coefficient (Wildman–Crippen LogP) is 3.07. The first-order valence-corrected chi connectivity index (χ1v) is 10.5. The molecule has 1 aliphatic heterocycles. The third-order valence-corrected chi connectivity index (χ3v) is 5.72. The van der Waals surface area contributed by atoms with Crippen LogP contribution in [0.4, 0.5) is 10.2 Å². The Bertz CT molecular complexity index is 1250. The largest absolute Gasteiger partial charge is 0.351 e. The van der Waals surface area contributed by atoms with Gasteiger partial charge in [-0.3, -0.25) is 4.79 Å². The van der Waals surface area contributed by atoms with Gasteiger partial charge in [-0.05, 0) is 42.5 Å². The van der Waals surface area contributed by atoms with Gasteiger partial charge in [0, 0.05) is 36.2 Å². The number of hydrogen-bond donors (Lipinski definition) is 0. The van der Waals surface area contributed by atoms with Gasteiger partial charge < -0.3 is 9.80 Å². The molecule has 2 aromatic carbocycles. The average molecular weight is 482 g/mol. The highest BCUT2D eigenvalue weighted by Crippen LogP contribution is 2.24. The maximum Gasteiger partial charge on any atom is 0.254 e. The average Bonchev–Trinajstić information content (AvgIpc) is 3.23. The number of benzene rings is 2. The standard InChI is InChI=1S/C21H17BrFN7O/c22-15-3-1-2-14(12-15)21(31)29-10-8-28(9-11-29)19-18-20(25-13-24-19)30(27-26-18)17-6-4-16(23)5-7-17/h1-7,12-13H,8-11H2. The zero-order valence-electron chi connectivity index (χ0n) is 16.3. The maximum atomic E-state index is 13.3. The summed E-state index contributed by atoms with van der Waals surface area (Å²) in [5.74, 6) is 0.364. The van der Waals surface area contributed by atoms with Gasteiger partial charge in [-0.1, -0.05) is 27.2 Å². The van der Waals surface area contributed by atoms with E-state index in [1.807, 2.05) is 29.2 Å². The Kier molecular flexibility index (Phi) is 5.06. The molecular weight excluding hydrogens is 465 g/mol. The summed E-state index contributed by atoms with van der Waals surface area (Å²) < 4.78 is 15.7. The van der Waals surface area contributed by atoms with Crippen molar-refractivity contribution >= 4 is 38.8 Å². The molecular formula is C21H17BrFN7O. The molecule has 2 aromatic heterocycles. The molecule has 1 saturated heterocycles. The van der Waals surface area contributed by atoms with Crippen molar-refractivity contribution in [1.29, 1.82) is 0 Å². The normalized spacial score (nSPS) is 14.3. The molecule has 4 aromatic rings. The fourth-order valence-electron chi connectivity index (χ4n) is 3.65. The van der Waals surface area contributed by atoms with E-state index >= 15 is 0 Å². The smallest absolute Gasteiger partial charge is 0.254 e. The van der Waals surface area contributed by atoms with Crippen LogP contribution in [0, 0.1) is 5.82 Å². The van der Waals surface area contributed by atoms with Crippen LogP contribution >= 0.6 is 15.9 Å². The highest BCUT2D eigenvalue weighted by Gasteiger charge is 2.25. The van der Waals surface area contributed by atoms with E-state index in [1.165, 1.54) is 18.5 Å². The molecule has 0 N–H and O–H groups in total. The van der Waals surface area contributed by atoms with Crippen LogP contribution in [0.25, 0.3) is 16.9 Å². The zero-order valence-corrected chi connectivity index (χ0v) is 17.9. The summed E-state index contributed by atoms with van der Waals surface area (Å²) in [6, 6.07) is 13.4. The van der Waals surface area contributed by atoms with Crippen molar-refractivity contribution in [2.75, 3.05) is 31.1 Å².